The molecule has 0 spiro atoms. The fourth-order valence-electron chi connectivity index (χ4n) is 1.28. The van der Waals surface area contributed by atoms with Gasteiger partial charge in [0.1, 0.15) is 5.75 Å². The van der Waals surface area contributed by atoms with Gasteiger partial charge in [0.2, 0.25) is 0 Å². The highest BCUT2D eigenvalue weighted by Gasteiger charge is 2.02. The lowest BCUT2D eigenvalue weighted by molar-refractivity contribution is -0.109. The molecule has 1 rings (SSSR count). The van der Waals surface area contributed by atoms with E-state index >= 15 is 0 Å². The topological polar surface area (TPSA) is 43.4 Å². The van der Waals surface area contributed by atoms with Gasteiger partial charge in [0.15, 0.2) is 11.4 Å². The zero-order valence-electron chi connectivity index (χ0n) is 10.4. The standard InChI is InChI=1S/C14H14O3S/c1-3-17-14-7-6-12(9-13(14)10-15)5-4-8-18-11(2)16/h6-7,9-10H,3,8H2,1-2H3. The van der Waals surface area contributed by atoms with E-state index in [1.54, 1.807) is 18.2 Å². The second-order valence-corrected chi connectivity index (χ2v) is 4.54. The van der Waals surface area contributed by atoms with Gasteiger partial charge in [-0.3, -0.25) is 9.59 Å². The Morgan fingerprint density at radius 3 is 2.89 bits per heavy atom. The molecule has 0 aliphatic rings. The van der Waals surface area contributed by atoms with Crippen LogP contribution in [-0.2, 0) is 4.79 Å². The van der Waals surface area contributed by atoms with Gasteiger partial charge in [-0.15, -0.1) is 0 Å². The average molecular weight is 262 g/mol. The SMILES string of the molecule is CCOc1ccc(C#CCSC(C)=O)cc1C=O. The third-order valence-electron chi connectivity index (χ3n) is 2.02. The van der Waals surface area contributed by atoms with Crippen LogP contribution >= 0.6 is 11.8 Å². The molecule has 0 atom stereocenters. The zero-order chi connectivity index (χ0) is 13.4. The molecule has 0 unspecified atom stereocenters. The largest absolute Gasteiger partial charge is 0.493 e. The summed E-state index contributed by atoms with van der Waals surface area (Å²) < 4.78 is 5.31. The summed E-state index contributed by atoms with van der Waals surface area (Å²) in [4.78, 5) is 21.6. The summed E-state index contributed by atoms with van der Waals surface area (Å²) in [6.07, 6.45) is 0.750. The lowest BCUT2D eigenvalue weighted by Gasteiger charge is -2.05. The fraction of sp³-hybridized carbons (Fsp3) is 0.286. The van der Waals surface area contributed by atoms with E-state index in [0.29, 0.717) is 23.7 Å². The van der Waals surface area contributed by atoms with Crippen LogP contribution in [0.2, 0.25) is 0 Å². The van der Waals surface area contributed by atoms with E-state index in [-0.39, 0.29) is 5.12 Å². The molecule has 1 aromatic carbocycles. The highest BCUT2D eigenvalue weighted by molar-refractivity contribution is 8.13. The summed E-state index contributed by atoms with van der Waals surface area (Å²) in [6.45, 7) is 3.89. The van der Waals surface area contributed by atoms with Crippen molar-refractivity contribution in [3.05, 3.63) is 29.3 Å². The molecule has 0 bridgehead atoms. The van der Waals surface area contributed by atoms with E-state index < -0.39 is 0 Å². The van der Waals surface area contributed by atoms with Crippen molar-refractivity contribution in [2.75, 3.05) is 12.4 Å². The maximum atomic E-state index is 10.9. The highest BCUT2D eigenvalue weighted by atomic mass is 32.2. The van der Waals surface area contributed by atoms with Crippen molar-refractivity contribution in [1.29, 1.82) is 0 Å². The molecule has 0 aliphatic carbocycles. The minimum Gasteiger partial charge on any atom is -0.493 e. The molecule has 94 valence electrons. The molecule has 1 aromatic rings. The van der Waals surface area contributed by atoms with E-state index in [0.717, 1.165) is 11.8 Å². The van der Waals surface area contributed by atoms with Gasteiger partial charge >= 0.3 is 0 Å². The molecule has 3 nitrogen and oxygen atoms in total. The summed E-state index contributed by atoms with van der Waals surface area (Å²) in [7, 11) is 0. The van der Waals surface area contributed by atoms with Crippen molar-refractivity contribution in [1.82, 2.24) is 0 Å². The summed E-state index contributed by atoms with van der Waals surface area (Å²) in [5.41, 5.74) is 1.23. The van der Waals surface area contributed by atoms with E-state index in [2.05, 4.69) is 11.8 Å². The number of hydrogen-bond acceptors (Lipinski definition) is 4. The minimum atomic E-state index is 0.0459. The maximum absolute atomic E-state index is 10.9. The van der Waals surface area contributed by atoms with Crippen molar-refractivity contribution >= 4 is 23.2 Å². The summed E-state index contributed by atoms with van der Waals surface area (Å²) in [5.74, 6) is 6.80. The first-order valence-corrected chi connectivity index (χ1v) is 6.50. The molecule has 0 aromatic heterocycles. The van der Waals surface area contributed by atoms with Crippen LogP contribution in [0.25, 0.3) is 0 Å². The Morgan fingerprint density at radius 1 is 1.50 bits per heavy atom. The molecule has 0 aliphatic heterocycles. The van der Waals surface area contributed by atoms with Gasteiger partial charge < -0.3 is 4.74 Å². The minimum absolute atomic E-state index is 0.0459. The quantitative estimate of drug-likeness (QED) is 0.618. The van der Waals surface area contributed by atoms with Crippen LogP contribution in [0.3, 0.4) is 0 Å². The first-order valence-electron chi connectivity index (χ1n) is 5.51. The van der Waals surface area contributed by atoms with Crippen LogP contribution in [0.1, 0.15) is 29.8 Å². The van der Waals surface area contributed by atoms with E-state index in [1.165, 1.54) is 18.7 Å². The molecule has 0 saturated heterocycles. The number of benzene rings is 1. The Balaban J connectivity index is 2.78. The van der Waals surface area contributed by atoms with Gasteiger partial charge in [-0.25, -0.2) is 0 Å². The normalized spacial score (nSPS) is 9.22. The average Bonchev–Trinajstić information content (AvgIpc) is 2.36. The first kappa shape index (κ1) is 14.3. The van der Waals surface area contributed by atoms with Crippen LogP contribution in [-0.4, -0.2) is 23.8 Å². The maximum Gasteiger partial charge on any atom is 0.186 e. The van der Waals surface area contributed by atoms with Crippen LogP contribution in [0.15, 0.2) is 18.2 Å². The van der Waals surface area contributed by atoms with Gasteiger partial charge in [-0.05, 0) is 25.1 Å². The molecule has 18 heavy (non-hydrogen) atoms. The van der Waals surface area contributed by atoms with Crippen molar-refractivity contribution in [3.8, 4) is 17.6 Å². The Bertz CT molecular complexity index is 497. The Hall–Kier alpha value is -1.73. The Kier molecular flexibility index (Phi) is 6.03. The summed E-state index contributed by atoms with van der Waals surface area (Å²) in [5, 5.41) is 0.0459. The monoisotopic (exact) mass is 262 g/mol. The van der Waals surface area contributed by atoms with Gasteiger partial charge in [-0.2, -0.15) is 0 Å². The zero-order valence-corrected chi connectivity index (χ0v) is 11.2. The van der Waals surface area contributed by atoms with Crippen LogP contribution in [0.4, 0.5) is 0 Å². The summed E-state index contributed by atoms with van der Waals surface area (Å²) in [6, 6.07) is 5.21. The lowest BCUT2D eigenvalue weighted by atomic mass is 10.1. The Morgan fingerprint density at radius 2 is 2.28 bits per heavy atom. The van der Waals surface area contributed by atoms with Crippen LogP contribution in [0.5, 0.6) is 5.75 Å². The highest BCUT2D eigenvalue weighted by Crippen LogP contribution is 2.18. The van der Waals surface area contributed by atoms with E-state index in [1.807, 2.05) is 6.92 Å². The molecule has 4 heteroatoms. The second kappa shape index (κ2) is 7.57. The molecule has 0 radical (unpaired) electrons. The smallest absolute Gasteiger partial charge is 0.186 e. The fourth-order valence-corrected chi connectivity index (χ4v) is 1.63. The first-order chi connectivity index (χ1) is 8.67. The Labute approximate surface area is 111 Å². The number of carbonyl (C=O) groups excluding carboxylic acids is 2. The number of ether oxygens (including phenoxy) is 1. The molecule has 0 N–H and O–H groups in total. The number of rotatable bonds is 4. The molecule has 0 fully saturated rings. The third-order valence-corrected chi connectivity index (χ3v) is 2.71. The van der Waals surface area contributed by atoms with Crippen molar-refractivity contribution in [2.45, 2.75) is 13.8 Å². The van der Waals surface area contributed by atoms with Gasteiger partial charge in [0.25, 0.3) is 0 Å². The van der Waals surface area contributed by atoms with E-state index in [9.17, 15) is 9.59 Å². The number of aldehydes is 1. The van der Waals surface area contributed by atoms with Gasteiger partial charge in [0, 0.05) is 12.5 Å². The number of thioether (sulfide) groups is 1. The third kappa shape index (κ3) is 4.64. The number of carbonyl (C=O) groups is 2. The molecule has 0 saturated carbocycles. The molecule has 0 amide bonds. The van der Waals surface area contributed by atoms with Gasteiger partial charge in [-0.1, -0.05) is 23.6 Å². The molecule has 0 heterocycles. The van der Waals surface area contributed by atoms with Crippen molar-refractivity contribution < 1.29 is 14.3 Å². The lowest BCUT2D eigenvalue weighted by Crippen LogP contribution is -1.96. The molecular weight excluding hydrogens is 248 g/mol. The van der Waals surface area contributed by atoms with Crippen LogP contribution < -0.4 is 4.74 Å². The van der Waals surface area contributed by atoms with Crippen molar-refractivity contribution in [2.24, 2.45) is 0 Å². The van der Waals surface area contributed by atoms with E-state index in [4.69, 9.17) is 4.74 Å². The second-order valence-electron chi connectivity index (χ2n) is 3.39. The van der Waals surface area contributed by atoms with Gasteiger partial charge in [0.05, 0.1) is 17.9 Å². The van der Waals surface area contributed by atoms with Crippen LogP contribution in [0, 0.1) is 11.8 Å². The predicted molar refractivity (Wildman–Crippen MR) is 73.0 cm³/mol. The molecular formula is C14H14O3S. The summed E-state index contributed by atoms with van der Waals surface area (Å²) >= 11 is 1.17. The van der Waals surface area contributed by atoms with Crippen molar-refractivity contribution in [3.63, 3.8) is 0 Å². The number of hydrogen-bond donors (Lipinski definition) is 0. The predicted octanol–water partition coefficient (Wildman–Crippen LogP) is 2.53.